The summed E-state index contributed by atoms with van der Waals surface area (Å²) in [5.41, 5.74) is 1.28. The Morgan fingerprint density at radius 2 is 1.70 bits per heavy atom. The summed E-state index contributed by atoms with van der Waals surface area (Å²) in [4.78, 5) is 19.0. The van der Waals surface area contributed by atoms with E-state index in [2.05, 4.69) is 10.1 Å². The lowest BCUT2D eigenvalue weighted by Crippen LogP contribution is -2.26. The molecule has 0 radical (unpaired) electrons. The molecule has 4 rings (SSSR count). The molecule has 1 heterocycles. The molecule has 1 aromatic heterocycles. The Bertz CT molecular complexity index is 1180. The normalized spacial score (nSPS) is 10.8. The van der Waals surface area contributed by atoms with Crippen molar-refractivity contribution in [2.24, 2.45) is 0 Å². The molecule has 0 spiro atoms. The number of fused-ring (bicyclic) bond motifs is 1. The van der Waals surface area contributed by atoms with Crippen LogP contribution in [0, 0.1) is 0 Å². The third-order valence-electron chi connectivity index (χ3n) is 4.83. The first-order valence-corrected chi connectivity index (χ1v) is 9.38. The van der Waals surface area contributed by atoms with Crippen LogP contribution in [0.25, 0.3) is 22.2 Å². The third kappa shape index (κ3) is 3.82. The lowest BCUT2D eigenvalue weighted by atomic mass is 10.0. The highest BCUT2D eigenvalue weighted by Crippen LogP contribution is 2.27. The molecular weight excluding hydrogens is 382 g/mol. The van der Waals surface area contributed by atoms with E-state index in [1.807, 2.05) is 60.7 Å². The molecule has 0 saturated heterocycles. The van der Waals surface area contributed by atoms with E-state index in [-0.39, 0.29) is 12.5 Å². The minimum absolute atomic E-state index is 0.179. The highest BCUT2D eigenvalue weighted by Gasteiger charge is 2.20. The Kier molecular flexibility index (Phi) is 5.34. The molecule has 3 aromatic carbocycles. The van der Waals surface area contributed by atoms with E-state index < -0.39 is 0 Å². The van der Waals surface area contributed by atoms with Gasteiger partial charge in [-0.05, 0) is 47.2 Å². The summed E-state index contributed by atoms with van der Waals surface area (Å²) in [6.07, 6.45) is 0. The maximum atomic E-state index is 13.1. The summed E-state index contributed by atoms with van der Waals surface area (Å²) in [6, 6.07) is 18.9. The molecule has 0 N–H and O–H groups in total. The van der Waals surface area contributed by atoms with Gasteiger partial charge in [-0.25, -0.2) is 0 Å². The van der Waals surface area contributed by atoms with Crippen molar-refractivity contribution in [3.05, 3.63) is 72.1 Å². The Morgan fingerprint density at radius 3 is 2.37 bits per heavy atom. The van der Waals surface area contributed by atoms with Gasteiger partial charge in [-0.3, -0.25) is 4.79 Å². The number of rotatable bonds is 6. The fourth-order valence-electron chi connectivity index (χ4n) is 3.21. The molecule has 0 fully saturated rings. The average molecular weight is 403 g/mol. The van der Waals surface area contributed by atoms with Gasteiger partial charge in [0.1, 0.15) is 18.0 Å². The fourth-order valence-corrected chi connectivity index (χ4v) is 3.21. The van der Waals surface area contributed by atoms with E-state index in [0.717, 1.165) is 22.1 Å². The van der Waals surface area contributed by atoms with Gasteiger partial charge < -0.3 is 18.9 Å². The molecule has 0 bridgehead atoms. The van der Waals surface area contributed by atoms with E-state index in [4.69, 9.17) is 14.0 Å². The number of aromatic nitrogens is 2. The van der Waals surface area contributed by atoms with Crippen LogP contribution in [0.5, 0.6) is 11.5 Å². The van der Waals surface area contributed by atoms with E-state index in [1.165, 1.54) is 4.90 Å². The summed E-state index contributed by atoms with van der Waals surface area (Å²) < 4.78 is 15.9. The van der Waals surface area contributed by atoms with Crippen molar-refractivity contribution >= 4 is 16.7 Å². The molecule has 152 valence electrons. The van der Waals surface area contributed by atoms with Gasteiger partial charge in [0, 0.05) is 12.6 Å². The van der Waals surface area contributed by atoms with E-state index >= 15 is 0 Å². The summed E-state index contributed by atoms with van der Waals surface area (Å²) in [5, 5.41) is 5.99. The van der Waals surface area contributed by atoms with Gasteiger partial charge in [0.25, 0.3) is 5.91 Å². The van der Waals surface area contributed by atoms with Gasteiger partial charge in [0.15, 0.2) is 0 Å². The largest absolute Gasteiger partial charge is 0.497 e. The maximum Gasteiger partial charge on any atom is 0.257 e. The fraction of sp³-hybridized carbons (Fsp3) is 0.174. The Hall–Kier alpha value is -3.87. The number of hydrogen-bond donors (Lipinski definition) is 0. The van der Waals surface area contributed by atoms with Crippen LogP contribution in [0.15, 0.2) is 65.2 Å². The van der Waals surface area contributed by atoms with Gasteiger partial charge in [0.05, 0.1) is 19.8 Å². The van der Waals surface area contributed by atoms with Gasteiger partial charge >= 0.3 is 0 Å². The number of ether oxygens (including phenoxy) is 2. The van der Waals surface area contributed by atoms with Gasteiger partial charge in [-0.1, -0.05) is 29.4 Å². The standard InChI is InChI=1S/C23H21N3O4/c1-26(14-21-24-22(25-30-21)15-8-10-18(28-2)11-9-15)23(27)19-12-16-6-4-5-7-17(16)13-20(19)29-3/h4-13H,14H2,1-3H3. The van der Waals surface area contributed by atoms with Crippen molar-refractivity contribution < 1.29 is 18.8 Å². The van der Waals surface area contributed by atoms with Crippen molar-refractivity contribution in [3.63, 3.8) is 0 Å². The molecule has 7 heteroatoms. The molecule has 4 aromatic rings. The monoisotopic (exact) mass is 403 g/mol. The predicted octanol–water partition coefficient (Wildman–Crippen LogP) is 4.18. The van der Waals surface area contributed by atoms with Crippen LogP contribution in [-0.2, 0) is 6.54 Å². The molecule has 0 aliphatic carbocycles. The zero-order valence-electron chi connectivity index (χ0n) is 17.0. The first kappa shape index (κ1) is 19.4. The first-order chi connectivity index (χ1) is 14.6. The summed E-state index contributed by atoms with van der Waals surface area (Å²) in [6.45, 7) is 0.179. The van der Waals surface area contributed by atoms with Crippen LogP contribution in [0.2, 0.25) is 0 Å². The van der Waals surface area contributed by atoms with Gasteiger partial charge in [-0.15, -0.1) is 0 Å². The Balaban J connectivity index is 1.54. The highest BCUT2D eigenvalue weighted by atomic mass is 16.5. The van der Waals surface area contributed by atoms with Crippen LogP contribution in [0.3, 0.4) is 0 Å². The zero-order valence-corrected chi connectivity index (χ0v) is 17.0. The quantitative estimate of drug-likeness (QED) is 0.481. The Morgan fingerprint density at radius 1 is 1.00 bits per heavy atom. The van der Waals surface area contributed by atoms with Crippen LogP contribution >= 0.6 is 0 Å². The Labute approximate surface area is 173 Å². The smallest absolute Gasteiger partial charge is 0.257 e. The van der Waals surface area contributed by atoms with Crippen molar-refractivity contribution in [2.45, 2.75) is 6.54 Å². The molecular formula is C23H21N3O4. The molecule has 7 nitrogen and oxygen atoms in total. The van der Waals surface area contributed by atoms with Crippen LogP contribution in [0.1, 0.15) is 16.2 Å². The van der Waals surface area contributed by atoms with Crippen molar-refractivity contribution in [1.82, 2.24) is 15.0 Å². The second-order valence-corrected chi connectivity index (χ2v) is 6.80. The average Bonchev–Trinajstić information content (AvgIpc) is 3.26. The predicted molar refractivity (Wildman–Crippen MR) is 113 cm³/mol. The van der Waals surface area contributed by atoms with Crippen LogP contribution < -0.4 is 9.47 Å². The molecule has 0 aliphatic heterocycles. The molecule has 0 aliphatic rings. The lowest BCUT2D eigenvalue weighted by molar-refractivity contribution is 0.0766. The summed E-state index contributed by atoms with van der Waals surface area (Å²) >= 11 is 0. The summed E-state index contributed by atoms with van der Waals surface area (Å²) in [5.74, 6) is 1.88. The van der Waals surface area contributed by atoms with Crippen molar-refractivity contribution in [2.75, 3.05) is 21.3 Å². The number of hydrogen-bond acceptors (Lipinski definition) is 6. The molecule has 0 atom stereocenters. The van der Waals surface area contributed by atoms with Gasteiger partial charge in [0.2, 0.25) is 11.7 Å². The molecule has 0 saturated carbocycles. The number of benzene rings is 3. The second kappa shape index (κ2) is 8.24. The molecule has 30 heavy (non-hydrogen) atoms. The van der Waals surface area contributed by atoms with E-state index in [9.17, 15) is 4.79 Å². The third-order valence-corrected chi connectivity index (χ3v) is 4.83. The van der Waals surface area contributed by atoms with E-state index in [1.54, 1.807) is 21.3 Å². The second-order valence-electron chi connectivity index (χ2n) is 6.80. The van der Waals surface area contributed by atoms with Crippen LogP contribution in [-0.4, -0.2) is 42.2 Å². The minimum atomic E-state index is -0.193. The minimum Gasteiger partial charge on any atom is -0.497 e. The number of methoxy groups -OCH3 is 2. The number of carbonyl (C=O) groups excluding carboxylic acids is 1. The van der Waals surface area contributed by atoms with E-state index in [0.29, 0.717) is 23.0 Å². The zero-order chi connectivity index (χ0) is 21.1. The number of nitrogens with zero attached hydrogens (tertiary/aromatic N) is 3. The molecule has 1 amide bonds. The van der Waals surface area contributed by atoms with Crippen molar-refractivity contribution in [1.29, 1.82) is 0 Å². The lowest BCUT2D eigenvalue weighted by Gasteiger charge is -2.17. The topological polar surface area (TPSA) is 77.7 Å². The maximum absolute atomic E-state index is 13.1. The van der Waals surface area contributed by atoms with Crippen LogP contribution in [0.4, 0.5) is 0 Å². The van der Waals surface area contributed by atoms with Crippen molar-refractivity contribution in [3.8, 4) is 22.9 Å². The van der Waals surface area contributed by atoms with Gasteiger partial charge in [-0.2, -0.15) is 4.98 Å². The SMILES string of the molecule is COc1ccc(-c2noc(CN(C)C(=O)c3cc4ccccc4cc3OC)n2)cc1. The summed E-state index contributed by atoms with van der Waals surface area (Å²) in [7, 11) is 4.85. The first-order valence-electron chi connectivity index (χ1n) is 9.38. The molecule has 0 unspecified atom stereocenters. The number of carbonyl (C=O) groups is 1. The number of amides is 1. The highest BCUT2D eigenvalue weighted by molar-refractivity contribution is 6.01.